The minimum absolute atomic E-state index is 0.104. The fourth-order valence-electron chi connectivity index (χ4n) is 3.53. The summed E-state index contributed by atoms with van der Waals surface area (Å²) in [5.41, 5.74) is 1.62. The Kier molecular flexibility index (Phi) is 6.63. The summed E-state index contributed by atoms with van der Waals surface area (Å²) in [5, 5.41) is 0. The van der Waals surface area contributed by atoms with E-state index in [2.05, 4.69) is 0 Å². The van der Waals surface area contributed by atoms with Gasteiger partial charge in [-0.3, -0.25) is 0 Å². The second-order valence-corrected chi connectivity index (χ2v) is 8.39. The zero-order valence-electron chi connectivity index (χ0n) is 19.5. The first-order valence-electron chi connectivity index (χ1n) is 10.7. The zero-order chi connectivity index (χ0) is 24.3. The van der Waals surface area contributed by atoms with E-state index in [0.717, 1.165) is 5.56 Å². The van der Waals surface area contributed by atoms with E-state index < -0.39 is 17.2 Å². The molecule has 1 aliphatic heterocycles. The Balaban J connectivity index is 1.59. The van der Waals surface area contributed by atoms with Gasteiger partial charge < -0.3 is 23.7 Å². The van der Waals surface area contributed by atoms with Gasteiger partial charge in [0.25, 0.3) is 0 Å². The molecule has 0 saturated heterocycles. The molecule has 0 radical (unpaired) electrons. The lowest BCUT2D eigenvalue weighted by Crippen LogP contribution is -2.27. The Morgan fingerprint density at radius 2 is 1.26 bits per heavy atom. The van der Waals surface area contributed by atoms with E-state index in [4.69, 9.17) is 23.7 Å². The first-order chi connectivity index (χ1) is 16.3. The van der Waals surface area contributed by atoms with Crippen LogP contribution < -0.4 is 23.7 Å². The molecule has 1 heterocycles. The monoisotopic (exact) mass is 468 g/mol. The molecule has 0 bridgehead atoms. The Morgan fingerprint density at radius 3 is 1.76 bits per heavy atom. The summed E-state index contributed by atoms with van der Waals surface area (Å²) in [5.74, 6) is 0.917. The fourth-order valence-corrected chi connectivity index (χ4v) is 3.53. The smallest absolute Gasteiger partial charge is 0.165 e. The normalized spacial score (nSPS) is 13.6. The van der Waals surface area contributed by atoms with Crippen LogP contribution in [0.5, 0.6) is 28.7 Å². The van der Waals surface area contributed by atoms with E-state index in [1.807, 2.05) is 32.1 Å². The van der Waals surface area contributed by atoms with E-state index in [9.17, 15) is 8.78 Å². The van der Waals surface area contributed by atoms with E-state index in [1.54, 1.807) is 30.3 Å². The topological polar surface area (TPSA) is 46.2 Å². The maximum absolute atomic E-state index is 14.1. The lowest BCUT2D eigenvalue weighted by molar-refractivity contribution is 0.157. The number of hydrogen-bond donors (Lipinski definition) is 0. The number of hydrogen-bond acceptors (Lipinski definition) is 5. The molecule has 0 saturated carbocycles. The summed E-state index contributed by atoms with van der Waals surface area (Å²) in [4.78, 5) is 0. The number of rotatable bonds is 8. The fraction of sp³-hybridized carbons (Fsp3) is 0.259. The van der Waals surface area contributed by atoms with Crippen LogP contribution in [0.15, 0.2) is 54.6 Å². The number of halogens is 2. The molecule has 0 spiro atoms. The van der Waals surface area contributed by atoms with Crippen molar-refractivity contribution < 1.29 is 32.5 Å². The Bertz CT molecular complexity index is 1220. The van der Waals surface area contributed by atoms with Crippen LogP contribution in [0.3, 0.4) is 0 Å². The zero-order valence-corrected chi connectivity index (χ0v) is 19.5. The van der Waals surface area contributed by atoms with Gasteiger partial charge in [-0.2, -0.15) is 0 Å². The molecule has 0 aliphatic carbocycles. The van der Waals surface area contributed by atoms with Crippen molar-refractivity contribution >= 4 is 6.08 Å². The Morgan fingerprint density at radius 1 is 0.735 bits per heavy atom. The highest BCUT2D eigenvalue weighted by Crippen LogP contribution is 2.40. The molecule has 1 aliphatic rings. The molecule has 4 rings (SSSR count). The van der Waals surface area contributed by atoms with Gasteiger partial charge in [0.1, 0.15) is 24.6 Å². The number of fused-ring (bicyclic) bond motifs is 1. The summed E-state index contributed by atoms with van der Waals surface area (Å²) in [6.07, 6.45) is 3.92. The van der Waals surface area contributed by atoms with Crippen LogP contribution in [-0.2, 0) is 13.2 Å². The molecule has 178 valence electrons. The Hall–Kier alpha value is -3.74. The highest BCUT2D eigenvalue weighted by atomic mass is 19.1. The first kappa shape index (κ1) is 23.4. The average Bonchev–Trinajstić information content (AvgIpc) is 2.81. The van der Waals surface area contributed by atoms with Crippen LogP contribution in [0, 0.1) is 11.6 Å². The molecule has 7 heteroatoms. The van der Waals surface area contributed by atoms with Gasteiger partial charge in [0.05, 0.1) is 14.2 Å². The minimum atomic E-state index is -0.470. The second-order valence-electron chi connectivity index (χ2n) is 8.39. The van der Waals surface area contributed by atoms with Gasteiger partial charge in [-0.05, 0) is 61.4 Å². The Labute approximate surface area is 197 Å². The van der Waals surface area contributed by atoms with Crippen LogP contribution in [-0.4, -0.2) is 19.8 Å². The molecule has 34 heavy (non-hydrogen) atoms. The van der Waals surface area contributed by atoms with E-state index in [1.165, 1.54) is 26.4 Å². The number of benzene rings is 3. The maximum atomic E-state index is 14.1. The van der Waals surface area contributed by atoms with Crippen molar-refractivity contribution in [2.45, 2.75) is 32.7 Å². The molecule has 0 fully saturated rings. The summed E-state index contributed by atoms with van der Waals surface area (Å²) < 4.78 is 56.2. The average molecular weight is 468 g/mol. The first-order valence-corrected chi connectivity index (χ1v) is 10.7. The lowest BCUT2D eigenvalue weighted by Gasteiger charge is -2.28. The molecule has 3 aromatic rings. The molecule has 0 unspecified atom stereocenters. The summed E-state index contributed by atoms with van der Waals surface area (Å²) in [7, 11) is 2.83. The van der Waals surface area contributed by atoms with Gasteiger partial charge in [0.2, 0.25) is 0 Å². The third-order valence-electron chi connectivity index (χ3n) is 5.33. The van der Waals surface area contributed by atoms with Crippen molar-refractivity contribution in [1.82, 2.24) is 0 Å². The van der Waals surface area contributed by atoms with Crippen LogP contribution in [0.2, 0.25) is 0 Å². The van der Waals surface area contributed by atoms with Crippen molar-refractivity contribution in [3.8, 4) is 28.7 Å². The lowest BCUT2D eigenvalue weighted by atomic mass is 10.0. The third-order valence-corrected chi connectivity index (χ3v) is 5.33. The van der Waals surface area contributed by atoms with Gasteiger partial charge in [0.15, 0.2) is 34.6 Å². The van der Waals surface area contributed by atoms with Gasteiger partial charge in [-0.1, -0.05) is 18.2 Å². The number of ether oxygens (including phenoxy) is 5. The second kappa shape index (κ2) is 9.63. The molecular weight excluding hydrogens is 442 g/mol. The standard InChI is InChI=1S/C27H26F2O5/c1-27(2)10-9-19-13-25(32-15-17-5-7-22(30-3)20(28)11-17)26(14-24(19)34-27)33-16-18-6-8-23(31-4)21(29)12-18/h5-14H,15-16H2,1-4H3. The molecule has 0 N–H and O–H groups in total. The maximum Gasteiger partial charge on any atom is 0.165 e. The molecule has 3 aromatic carbocycles. The molecular formula is C27H26F2O5. The largest absolute Gasteiger partial charge is 0.494 e. The summed E-state index contributed by atoms with van der Waals surface area (Å²) >= 11 is 0. The minimum Gasteiger partial charge on any atom is -0.494 e. The predicted molar refractivity (Wildman–Crippen MR) is 125 cm³/mol. The van der Waals surface area contributed by atoms with Crippen LogP contribution in [0.4, 0.5) is 8.78 Å². The van der Waals surface area contributed by atoms with Crippen LogP contribution in [0.1, 0.15) is 30.5 Å². The van der Waals surface area contributed by atoms with Crippen LogP contribution >= 0.6 is 0 Å². The molecule has 5 nitrogen and oxygen atoms in total. The number of methoxy groups -OCH3 is 2. The third kappa shape index (κ3) is 5.25. The summed E-state index contributed by atoms with van der Waals surface area (Å²) in [6, 6.07) is 12.8. The van der Waals surface area contributed by atoms with E-state index in [0.29, 0.717) is 28.4 Å². The van der Waals surface area contributed by atoms with Crippen molar-refractivity contribution in [2.24, 2.45) is 0 Å². The van der Waals surface area contributed by atoms with Gasteiger partial charge in [0, 0.05) is 11.6 Å². The van der Waals surface area contributed by atoms with Gasteiger partial charge in [-0.25, -0.2) is 8.78 Å². The van der Waals surface area contributed by atoms with Gasteiger partial charge >= 0.3 is 0 Å². The van der Waals surface area contributed by atoms with Crippen molar-refractivity contribution in [2.75, 3.05) is 14.2 Å². The SMILES string of the molecule is COc1ccc(COc2cc3c(cc2OCc2ccc(OC)c(F)c2)OC(C)(C)C=C3)cc1F. The predicted octanol–water partition coefficient (Wildman–Crippen LogP) is 6.32. The quantitative estimate of drug-likeness (QED) is 0.387. The van der Waals surface area contributed by atoms with Gasteiger partial charge in [-0.15, -0.1) is 0 Å². The van der Waals surface area contributed by atoms with E-state index in [-0.39, 0.29) is 24.7 Å². The molecule has 0 amide bonds. The van der Waals surface area contributed by atoms with Crippen molar-refractivity contribution in [1.29, 1.82) is 0 Å². The highest BCUT2D eigenvalue weighted by molar-refractivity contribution is 5.66. The van der Waals surface area contributed by atoms with E-state index >= 15 is 0 Å². The van der Waals surface area contributed by atoms with Crippen LogP contribution in [0.25, 0.3) is 6.08 Å². The molecule has 0 aromatic heterocycles. The molecule has 0 atom stereocenters. The summed E-state index contributed by atoms with van der Waals surface area (Å²) in [6.45, 7) is 4.13. The van der Waals surface area contributed by atoms with Crippen molar-refractivity contribution in [3.05, 3.63) is 82.9 Å². The highest BCUT2D eigenvalue weighted by Gasteiger charge is 2.24. The van der Waals surface area contributed by atoms with Crippen molar-refractivity contribution in [3.63, 3.8) is 0 Å².